The van der Waals surface area contributed by atoms with Gasteiger partial charge in [0.15, 0.2) is 27.0 Å². The summed E-state index contributed by atoms with van der Waals surface area (Å²) >= 11 is 24.0. The van der Waals surface area contributed by atoms with Crippen molar-refractivity contribution in [2.75, 3.05) is 17.5 Å². The molecule has 2 aromatic carbocycles. The molecule has 4 aliphatic rings. The van der Waals surface area contributed by atoms with Crippen LogP contribution in [0.4, 0.5) is 5.69 Å². The summed E-state index contributed by atoms with van der Waals surface area (Å²) in [5.74, 6) is -6.22. The molecule has 13 heteroatoms. The molecule has 0 spiro atoms. The molecule has 2 heterocycles. The monoisotopic (exact) mass is 708 g/mol. The van der Waals surface area contributed by atoms with E-state index in [2.05, 4.69) is 15.9 Å². The Morgan fingerprint density at radius 1 is 1.07 bits per heavy atom. The number of likely N-dealkylation sites (tertiary alicyclic amines) is 1. The van der Waals surface area contributed by atoms with Crippen molar-refractivity contribution in [3.63, 3.8) is 0 Å². The Bertz CT molecular complexity index is 1660. The third-order valence-corrected chi connectivity index (χ3v) is 11.4. The van der Waals surface area contributed by atoms with Gasteiger partial charge in [-0.2, -0.15) is 0 Å². The molecule has 2 aliphatic carbocycles. The molecule has 0 radical (unpaired) electrons. The van der Waals surface area contributed by atoms with E-state index in [4.69, 9.17) is 39.5 Å². The van der Waals surface area contributed by atoms with Crippen molar-refractivity contribution in [3.05, 3.63) is 64.2 Å². The third kappa shape index (κ3) is 3.99. The van der Waals surface area contributed by atoms with Crippen molar-refractivity contribution in [3.8, 4) is 11.5 Å². The molecule has 0 aromatic heterocycles. The number of ether oxygens (including phenoxy) is 1. The van der Waals surface area contributed by atoms with Gasteiger partial charge in [-0.05, 0) is 67.6 Å². The maximum Gasteiger partial charge on any atom is 0.254 e. The summed E-state index contributed by atoms with van der Waals surface area (Å²) in [5, 5.41) is 10.4. The van der Waals surface area contributed by atoms with E-state index >= 15 is 0 Å². The number of halogens is 4. The molecule has 6 atom stereocenters. The Kier molecular flexibility index (Phi) is 7.23. The lowest BCUT2D eigenvalue weighted by atomic mass is 9.56. The second-order valence-corrected chi connectivity index (χ2v) is 13.3. The number of rotatable bonds is 5. The molecule has 1 saturated carbocycles. The van der Waals surface area contributed by atoms with Crippen LogP contribution in [0.5, 0.6) is 11.5 Å². The molecular formula is C30H24BrCl3N2O7. The first kappa shape index (κ1) is 30.1. The second-order valence-electron chi connectivity index (χ2n) is 11.2. The number of phenols is 1. The summed E-state index contributed by atoms with van der Waals surface area (Å²) in [5.41, 5.74) is 1.52. The molecular weight excluding hydrogens is 687 g/mol. The first-order chi connectivity index (χ1) is 20.3. The number of ketones is 1. The van der Waals surface area contributed by atoms with E-state index in [1.54, 1.807) is 30.3 Å². The minimum absolute atomic E-state index is 0.0146. The van der Waals surface area contributed by atoms with Gasteiger partial charge in [-0.15, -0.1) is 23.2 Å². The predicted molar refractivity (Wildman–Crippen MR) is 162 cm³/mol. The van der Waals surface area contributed by atoms with Gasteiger partial charge in [-0.1, -0.05) is 39.2 Å². The summed E-state index contributed by atoms with van der Waals surface area (Å²) in [4.78, 5) is 65.3. The fraction of sp³-hybridized carbons (Fsp3) is 0.367. The van der Waals surface area contributed by atoms with Crippen molar-refractivity contribution in [2.24, 2.45) is 17.8 Å². The summed E-state index contributed by atoms with van der Waals surface area (Å²) < 4.78 is 5.31. The normalized spacial score (nSPS) is 31.5. The van der Waals surface area contributed by atoms with Crippen LogP contribution in [0.1, 0.15) is 41.6 Å². The fourth-order valence-electron chi connectivity index (χ4n) is 7.14. The van der Waals surface area contributed by atoms with Crippen LogP contribution >= 0.6 is 50.7 Å². The van der Waals surface area contributed by atoms with Gasteiger partial charge in [0.1, 0.15) is 0 Å². The largest absolute Gasteiger partial charge is 0.503 e. The number of carbonyl (C=O) groups is 5. The molecule has 2 saturated heterocycles. The topological polar surface area (TPSA) is 121 Å². The van der Waals surface area contributed by atoms with E-state index in [-0.39, 0.29) is 40.6 Å². The number of nitrogens with zero attached hydrogens (tertiary/aromatic N) is 2. The SMILES string of the molecule is COc1cc([C@H]2C3=CC[C@@H]4C(=O)N(c5ccc(C(C)=O)cc5)C(=O)[C@@H]4[C@@H]3C[C@@]3(Cl)C(=O)N(CBr)C(=O)[C@@]23Cl)cc(Cl)c1O. The Morgan fingerprint density at radius 3 is 2.35 bits per heavy atom. The number of aromatic hydroxyl groups is 1. The highest BCUT2D eigenvalue weighted by molar-refractivity contribution is 9.09. The van der Waals surface area contributed by atoms with Crippen molar-refractivity contribution in [1.82, 2.24) is 4.90 Å². The Balaban J connectivity index is 1.51. The number of Topliss-reactive ketones (excluding diaryl/α,β-unsaturated/α-hetero) is 1. The van der Waals surface area contributed by atoms with E-state index in [1.807, 2.05) is 0 Å². The number of anilines is 1. The highest BCUT2D eigenvalue weighted by atomic mass is 79.9. The maximum absolute atomic E-state index is 14.1. The molecule has 4 amide bonds. The summed E-state index contributed by atoms with van der Waals surface area (Å²) in [7, 11) is 1.34. The molecule has 0 unspecified atom stereocenters. The number of benzene rings is 2. The number of imide groups is 2. The number of alkyl halides is 3. The van der Waals surface area contributed by atoms with Gasteiger partial charge in [0, 0.05) is 11.5 Å². The number of fused-ring (bicyclic) bond motifs is 4. The van der Waals surface area contributed by atoms with E-state index in [9.17, 15) is 29.1 Å². The van der Waals surface area contributed by atoms with Gasteiger partial charge in [0.2, 0.25) is 11.8 Å². The first-order valence-corrected chi connectivity index (χ1v) is 15.6. The first-order valence-electron chi connectivity index (χ1n) is 13.4. The summed E-state index contributed by atoms with van der Waals surface area (Å²) in [6.45, 7) is 1.42. The van der Waals surface area contributed by atoms with Crippen LogP contribution in [-0.4, -0.2) is 61.7 Å². The zero-order chi connectivity index (χ0) is 31.2. The fourth-order valence-corrected chi connectivity index (χ4v) is 8.79. The van der Waals surface area contributed by atoms with Gasteiger partial charge in [0.05, 0.1) is 35.1 Å². The van der Waals surface area contributed by atoms with Crippen molar-refractivity contribution in [1.29, 1.82) is 0 Å². The van der Waals surface area contributed by atoms with Crippen LogP contribution in [0.25, 0.3) is 0 Å². The Morgan fingerprint density at radius 2 is 1.74 bits per heavy atom. The van der Waals surface area contributed by atoms with E-state index < -0.39 is 57.0 Å². The number of hydrogen-bond donors (Lipinski definition) is 1. The smallest absolute Gasteiger partial charge is 0.254 e. The standard InChI is InChI=1S/C30H24BrCl3N2O7/c1-13(37)14-3-5-16(6-4-14)36-25(39)18-8-7-17-19(22(18)26(36)40)11-29(33)27(41)35(12-31)28(42)30(29,34)23(17)15-9-20(32)24(38)21(10-15)43-2/h3-7,9-10,18-19,22-23,38H,8,11-12H2,1-2H3/t18-,19+,22-,23-,29+,30-/m0/s1. The Hall–Kier alpha value is -2.92. The van der Waals surface area contributed by atoms with Crippen molar-refractivity contribution in [2.45, 2.75) is 35.4 Å². The molecule has 6 rings (SSSR count). The molecule has 0 bridgehead atoms. The van der Waals surface area contributed by atoms with E-state index in [0.717, 1.165) is 9.80 Å². The van der Waals surface area contributed by atoms with Crippen LogP contribution in [0, 0.1) is 17.8 Å². The number of methoxy groups -OCH3 is 1. The number of carbonyl (C=O) groups excluding carboxylic acids is 5. The number of hydrogen-bond acceptors (Lipinski definition) is 7. The quantitative estimate of drug-likeness (QED) is 0.149. The van der Waals surface area contributed by atoms with Crippen LogP contribution in [0.15, 0.2) is 48.0 Å². The molecule has 2 aromatic rings. The molecule has 9 nitrogen and oxygen atoms in total. The second kappa shape index (κ2) is 10.3. The minimum Gasteiger partial charge on any atom is -0.503 e. The average molecular weight is 711 g/mol. The predicted octanol–water partition coefficient (Wildman–Crippen LogP) is 5.17. The van der Waals surface area contributed by atoms with Crippen LogP contribution in [-0.2, 0) is 19.2 Å². The van der Waals surface area contributed by atoms with Gasteiger partial charge in [0.25, 0.3) is 11.8 Å². The van der Waals surface area contributed by atoms with Crippen LogP contribution < -0.4 is 9.64 Å². The average Bonchev–Trinajstić information content (AvgIpc) is 3.32. The van der Waals surface area contributed by atoms with Gasteiger partial charge in [-0.3, -0.25) is 33.8 Å². The third-order valence-electron chi connectivity index (χ3n) is 9.15. The van der Waals surface area contributed by atoms with Crippen molar-refractivity contribution < 1.29 is 33.8 Å². The lowest BCUT2D eigenvalue weighted by Gasteiger charge is -2.50. The summed E-state index contributed by atoms with van der Waals surface area (Å²) in [6, 6.07) is 9.10. The highest BCUT2D eigenvalue weighted by Gasteiger charge is 2.76. The lowest BCUT2D eigenvalue weighted by molar-refractivity contribution is -0.138. The lowest BCUT2D eigenvalue weighted by Crippen LogP contribution is -2.60. The Labute approximate surface area is 269 Å². The van der Waals surface area contributed by atoms with Crippen LogP contribution in [0.2, 0.25) is 5.02 Å². The molecule has 1 N–H and O–H groups in total. The molecule has 224 valence electrons. The minimum atomic E-state index is -2.02. The van der Waals surface area contributed by atoms with Gasteiger partial charge >= 0.3 is 0 Å². The highest BCUT2D eigenvalue weighted by Crippen LogP contribution is 2.66. The zero-order valence-corrected chi connectivity index (χ0v) is 26.6. The van der Waals surface area contributed by atoms with E-state index in [1.165, 1.54) is 26.2 Å². The van der Waals surface area contributed by atoms with Gasteiger partial charge < -0.3 is 9.84 Å². The molecule has 2 aliphatic heterocycles. The van der Waals surface area contributed by atoms with E-state index in [0.29, 0.717) is 22.4 Å². The number of phenolic OH excluding ortho intramolecular Hbond substituents is 1. The van der Waals surface area contributed by atoms with Gasteiger partial charge in [-0.25, -0.2) is 0 Å². The van der Waals surface area contributed by atoms with Crippen molar-refractivity contribution >= 4 is 85.8 Å². The number of amides is 4. The molecule has 43 heavy (non-hydrogen) atoms. The van der Waals surface area contributed by atoms with Crippen LogP contribution in [0.3, 0.4) is 0 Å². The maximum atomic E-state index is 14.1. The zero-order valence-electron chi connectivity index (χ0n) is 22.8. The molecule has 3 fully saturated rings. The summed E-state index contributed by atoms with van der Waals surface area (Å²) in [6.07, 6.45) is 1.80. The number of allylic oxidation sites excluding steroid dienone is 2.